The summed E-state index contributed by atoms with van der Waals surface area (Å²) in [7, 11) is -9.84. The van der Waals surface area contributed by atoms with Gasteiger partial charge >= 0.3 is 33.6 Å². The van der Waals surface area contributed by atoms with E-state index in [1.54, 1.807) is 0 Å². The van der Waals surface area contributed by atoms with Crippen molar-refractivity contribution in [2.75, 3.05) is 39.6 Å². The van der Waals surface area contributed by atoms with E-state index in [-0.39, 0.29) is 19.3 Å². The molecule has 4 N–H and O–H groups in total. The van der Waals surface area contributed by atoms with E-state index in [4.69, 9.17) is 32.3 Å². The normalized spacial score (nSPS) is 15.0. The highest BCUT2D eigenvalue weighted by molar-refractivity contribution is 7.47. The van der Waals surface area contributed by atoms with Gasteiger partial charge in [-0.3, -0.25) is 32.5 Å². The van der Waals surface area contributed by atoms with Crippen molar-refractivity contribution in [2.24, 2.45) is 0 Å². The van der Waals surface area contributed by atoms with Gasteiger partial charge in [-0.05, 0) is 154 Å². The Labute approximate surface area is 660 Å². The molecule has 0 aliphatic carbocycles. The molecular weight excluding hydrogens is 1410 g/mol. The van der Waals surface area contributed by atoms with Gasteiger partial charge in [0.05, 0.1) is 26.4 Å². The number of esters is 3. The fourth-order valence-electron chi connectivity index (χ4n) is 10.3. The number of aliphatic hydroxyl groups excluding tert-OH is 2. The second kappa shape index (κ2) is 81.6. The molecule has 5 atom stereocenters. The minimum absolute atomic E-state index is 0.0312. The Morgan fingerprint density at radius 1 is 0.257 bits per heavy atom. The number of carbonyl (C=O) groups excluding carboxylic acids is 3. The lowest BCUT2D eigenvalue weighted by Gasteiger charge is -2.21. The van der Waals surface area contributed by atoms with Crippen molar-refractivity contribution in [2.45, 2.75) is 309 Å². The second-order valence-electron chi connectivity index (χ2n) is 26.8. The lowest BCUT2D eigenvalue weighted by atomic mass is 10.0. The molecule has 0 heterocycles. The van der Waals surface area contributed by atoms with Crippen LogP contribution in [-0.4, -0.2) is 95.9 Å². The molecule has 0 saturated heterocycles. The summed E-state index contributed by atoms with van der Waals surface area (Å²) in [5.74, 6) is -1.70. The summed E-state index contributed by atoms with van der Waals surface area (Å²) in [5.41, 5.74) is 0. The summed E-state index contributed by atoms with van der Waals surface area (Å²) >= 11 is 0. The van der Waals surface area contributed by atoms with Crippen molar-refractivity contribution in [1.29, 1.82) is 0 Å². The molecule has 18 heteroatoms. The van der Waals surface area contributed by atoms with Gasteiger partial charge in [-0.15, -0.1) is 0 Å². The van der Waals surface area contributed by atoms with Crippen LogP contribution in [0.2, 0.25) is 0 Å². The maximum absolute atomic E-state index is 13.0. The summed E-state index contributed by atoms with van der Waals surface area (Å²) in [4.78, 5) is 58.7. The Bertz CT molecular complexity index is 2810. The van der Waals surface area contributed by atoms with E-state index >= 15 is 0 Å². The predicted octanol–water partition coefficient (Wildman–Crippen LogP) is 24.9. The zero-order valence-electron chi connectivity index (χ0n) is 67.4. The monoisotopic (exact) mass is 1560 g/mol. The fraction of sp³-hybridized carbons (Fsp3) is 0.593. The molecule has 0 rings (SSSR count). The van der Waals surface area contributed by atoms with Crippen molar-refractivity contribution < 1.29 is 75.8 Å². The predicted molar refractivity (Wildman–Crippen MR) is 454 cm³/mol. The van der Waals surface area contributed by atoms with Crippen molar-refractivity contribution in [3.8, 4) is 0 Å². The lowest BCUT2D eigenvalue weighted by molar-refractivity contribution is -0.161. The van der Waals surface area contributed by atoms with Gasteiger partial charge in [-0.2, -0.15) is 0 Å². The number of aliphatic hydroxyl groups is 2. The van der Waals surface area contributed by atoms with Crippen LogP contribution < -0.4 is 0 Å². The highest BCUT2D eigenvalue weighted by atomic mass is 31.2. The van der Waals surface area contributed by atoms with Gasteiger partial charge in [0.1, 0.15) is 25.4 Å². The summed E-state index contributed by atoms with van der Waals surface area (Å²) in [6, 6.07) is 0. The third kappa shape index (κ3) is 82.9. The summed E-state index contributed by atoms with van der Waals surface area (Å²) < 4.78 is 61.1. The van der Waals surface area contributed by atoms with E-state index in [1.807, 2.05) is 18.2 Å². The van der Waals surface area contributed by atoms with Gasteiger partial charge < -0.3 is 34.2 Å². The first kappa shape index (κ1) is 103. The third-order valence-corrected chi connectivity index (χ3v) is 18.4. The van der Waals surface area contributed by atoms with Gasteiger partial charge in [0.25, 0.3) is 0 Å². The van der Waals surface area contributed by atoms with Crippen LogP contribution in [-0.2, 0) is 55.8 Å². The lowest BCUT2D eigenvalue weighted by Crippen LogP contribution is -2.29. The minimum atomic E-state index is -4.97. The first-order valence-electron chi connectivity index (χ1n) is 41.4. The maximum Gasteiger partial charge on any atom is 0.472 e. The first-order chi connectivity index (χ1) is 53.2. The molecule has 0 aliphatic rings. The van der Waals surface area contributed by atoms with E-state index in [9.17, 15) is 43.5 Å². The molecule has 5 unspecified atom stereocenters. The molecule has 0 amide bonds. The molecule has 0 aromatic carbocycles. The molecule has 0 spiro atoms. The molecule has 0 bridgehead atoms. The number of allylic oxidation sites excluding steroid dienone is 34. The number of hydrogen-bond acceptors (Lipinski definition) is 14. The zero-order chi connectivity index (χ0) is 79.4. The molecule has 0 saturated carbocycles. The molecule has 109 heavy (non-hydrogen) atoms. The SMILES string of the molecule is CC/C=C\C/C=C\C/C=C\C/C=C\C/C=C\C/C=C\CCCCCCCCCCCCCCC(=O)OCC(O)COP(=O)(O)OCC(O)COP(=O)(O)OCC(COC(=O)CCCCCCCCC/C=C\C/C=C\C/C=C\C/C=C\C/C=C\CC)OC(=O)CC/C=C\C/C=C\C/C=C\C/C=C\C/C=C\C/C=C\CC. The van der Waals surface area contributed by atoms with Gasteiger partial charge in [-0.1, -0.05) is 324 Å². The van der Waals surface area contributed by atoms with Crippen LogP contribution in [0.25, 0.3) is 0 Å². The number of phosphoric ester groups is 2. The molecule has 0 aromatic heterocycles. The van der Waals surface area contributed by atoms with E-state index in [0.29, 0.717) is 25.7 Å². The van der Waals surface area contributed by atoms with Crippen molar-refractivity contribution in [3.05, 3.63) is 207 Å². The Morgan fingerprint density at radius 3 is 0.761 bits per heavy atom. The maximum atomic E-state index is 13.0. The zero-order valence-corrected chi connectivity index (χ0v) is 69.2. The molecule has 616 valence electrons. The Hall–Kier alpha value is -5.87. The smallest absolute Gasteiger partial charge is 0.463 e. The van der Waals surface area contributed by atoms with Crippen molar-refractivity contribution >= 4 is 33.6 Å². The quantitative estimate of drug-likeness (QED) is 0.0146. The highest BCUT2D eigenvalue weighted by Crippen LogP contribution is 2.45. The standard InChI is InChI=1S/C91H146O16P2/c1-4-7-10-13-16-19-22-25-28-31-34-36-38-39-40-41-42-43-44-45-47-49-51-53-56-59-62-65-68-71-74-77-89(94)101-80-86(92)81-103-108(97,98)104-82-87(93)83-105-109(99,100)106-85-88(107-91(96)79-76-73-70-67-64-61-58-55-50-33-30-27-24-21-18-15-12-9-6-3)84-102-90(95)78-75-72-69-66-63-60-57-54-52-48-46-37-35-32-29-26-23-20-17-14-11-8-5-2/h7-12,16-21,25-30,34-37,39-40,42-43,48,50,52,55,61,64,70,73,86-88,92-93H,4-6,13-15,22-24,31-33,38,41,44-47,49,51,53-54,56-60,62-63,65-69,71-72,74-85H2,1-3H3,(H,97,98)(H,99,100)/b10-7-,11-8-,12-9-,19-16-,20-17-,21-18-,28-25-,29-26-,30-27-,36-34-,37-35-,40-39-,43-42-,52-48-,55-50-,64-61-,73-70-. The minimum Gasteiger partial charge on any atom is -0.463 e. The van der Waals surface area contributed by atoms with Gasteiger partial charge in [0, 0.05) is 19.3 Å². The molecule has 0 aromatic rings. The summed E-state index contributed by atoms with van der Waals surface area (Å²) in [6.07, 6.45) is 109. The van der Waals surface area contributed by atoms with Crippen molar-refractivity contribution in [3.63, 3.8) is 0 Å². The number of carbonyl (C=O) groups is 3. The molecule has 0 fully saturated rings. The van der Waals surface area contributed by atoms with Gasteiger partial charge in [0.2, 0.25) is 0 Å². The number of unbranched alkanes of at least 4 members (excludes halogenated alkanes) is 19. The van der Waals surface area contributed by atoms with E-state index < -0.39 is 91.5 Å². The molecular formula is C91H146O16P2. The van der Waals surface area contributed by atoms with Crippen molar-refractivity contribution in [1.82, 2.24) is 0 Å². The van der Waals surface area contributed by atoms with Crippen LogP contribution in [0.15, 0.2) is 207 Å². The average molecular weight is 1560 g/mol. The molecule has 0 aliphatic heterocycles. The molecule has 0 radical (unpaired) electrons. The van der Waals surface area contributed by atoms with Crippen LogP contribution >= 0.6 is 15.6 Å². The summed E-state index contributed by atoms with van der Waals surface area (Å²) in [5, 5.41) is 20.7. The topological polar surface area (TPSA) is 231 Å². The van der Waals surface area contributed by atoms with Crippen LogP contribution in [0.4, 0.5) is 0 Å². The van der Waals surface area contributed by atoms with Crippen LogP contribution in [0, 0.1) is 0 Å². The Kier molecular flexibility index (Phi) is 77.2. The van der Waals surface area contributed by atoms with E-state index in [2.05, 4.69) is 209 Å². The van der Waals surface area contributed by atoms with E-state index in [1.165, 1.54) is 51.4 Å². The first-order valence-corrected chi connectivity index (χ1v) is 44.4. The second-order valence-corrected chi connectivity index (χ2v) is 29.7. The van der Waals surface area contributed by atoms with Gasteiger partial charge in [0.15, 0.2) is 6.10 Å². The number of hydrogen-bond donors (Lipinski definition) is 4. The third-order valence-electron chi connectivity index (χ3n) is 16.5. The average Bonchev–Trinajstić information content (AvgIpc) is 0.902. The fourth-order valence-corrected chi connectivity index (χ4v) is 11.9. The van der Waals surface area contributed by atoms with Crippen LogP contribution in [0.3, 0.4) is 0 Å². The Morgan fingerprint density at radius 2 is 0.477 bits per heavy atom. The largest absolute Gasteiger partial charge is 0.472 e. The number of phosphoric acid groups is 2. The Balaban J connectivity index is 4.65. The highest BCUT2D eigenvalue weighted by Gasteiger charge is 2.29. The number of rotatable bonds is 76. The number of ether oxygens (including phenoxy) is 3. The van der Waals surface area contributed by atoms with Crippen LogP contribution in [0.1, 0.15) is 290 Å². The summed E-state index contributed by atoms with van der Waals surface area (Å²) in [6.45, 7) is 2.22. The van der Waals surface area contributed by atoms with E-state index in [0.717, 1.165) is 173 Å². The van der Waals surface area contributed by atoms with Gasteiger partial charge in [-0.25, -0.2) is 9.13 Å². The van der Waals surface area contributed by atoms with Crippen LogP contribution in [0.5, 0.6) is 0 Å². The molecule has 16 nitrogen and oxygen atoms in total.